The second kappa shape index (κ2) is 4.59. The molecule has 0 amide bonds. The van der Waals surface area contributed by atoms with E-state index in [9.17, 15) is 0 Å². The minimum absolute atomic E-state index is 0.559. The number of benzene rings is 2. The Morgan fingerprint density at radius 1 is 1.11 bits per heavy atom. The van der Waals surface area contributed by atoms with Gasteiger partial charge in [-0.1, -0.05) is 39.4 Å². The molecule has 0 aliphatic heterocycles. The Labute approximate surface area is 116 Å². The molecule has 90 valence electrons. The zero-order valence-corrected chi connectivity index (χ0v) is 11.7. The smallest absolute Gasteiger partial charge is 0.280 e. The van der Waals surface area contributed by atoms with Gasteiger partial charge < -0.3 is 10.5 Å². The highest BCUT2D eigenvalue weighted by Crippen LogP contribution is 2.30. The van der Waals surface area contributed by atoms with Crippen molar-refractivity contribution >= 4 is 43.0 Å². The fraction of sp³-hybridized carbons (Fsp3) is 0. The predicted octanol–water partition coefficient (Wildman–Crippen LogP) is 4.43. The number of halogens is 1. The lowest BCUT2D eigenvalue weighted by molar-refractivity contribution is 0.479. The molecule has 0 spiro atoms. The summed E-state index contributed by atoms with van der Waals surface area (Å²) < 4.78 is 6.72. The summed E-state index contributed by atoms with van der Waals surface area (Å²) in [6.45, 7) is 0. The molecule has 3 rings (SSSR count). The summed E-state index contributed by atoms with van der Waals surface area (Å²) in [6, 6.07) is 12.1. The maximum absolute atomic E-state index is 5.65. The van der Waals surface area contributed by atoms with Crippen molar-refractivity contribution < 1.29 is 4.74 Å². The molecule has 0 bridgehead atoms. The van der Waals surface area contributed by atoms with Crippen LogP contribution in [0.4, 0.5) is 5.00 Å². The first kappa shape index (κ1) is 11.5. The minimum Gasteiger partial charge on any atom is -0.431 e. The van der Waals surface area contributed by atoms with Gasteiger partial charge in [-0.25, -0.2) is 4.98 Å². The topological polar surface area (TPSA) is 48.1 Å². The van der Waals surface area contributed by atoms with E-state index in [4.69, 9.17) is 10.5 Å². The molecule has 0 unspecified atom stereocenters. The minimum atomic E-state index is 0.559. The molecule has 2 N–H and O–H groups in total. The molecule has 2 aromatic carbocycles. The van der Waals surface area contributed by atoms with Crippen molar-refractivity contribution in [2.75, 3.05) is 5.73 Å². The number of hydrogen-bond donors (Lipinski definition) is 1. The molecule has 18 heavy (non-hydrogen) atoms. The third kappa shape index (κ3) is 2.32. The van der Waals surface area contributed by atoms with Crippen molar-refractivity contribution in [1.29, 1.82) is 0 Å². The quantitative estimate of drug-likeness (QED) is 0.759. The highest BCUT2D eigenvalue weighted by atomic mass is 79.9. The fourth-order valence-electron chi connectivity index (χ4n) is 1.68. The summed E-state index contributed by atoms with van der Waals surface area (Å²) in [4.78, 5) is 4.07. The van der Waals surface area contributed by atoms with Crippen molar-refractivity contribution in [1.82, 2.24) is 4.98 Å². The second-order valence-corrected chi connectivity index (χ2v) is 5.72. The SMILES string of the molecule is Nc1cnc(Oc2ccc3cc(Br)ccc3c2)s1. The number of nitrogens with two attached hydrogens (primary N) is 1. The number of hydrogen-bond acceptors (Lipinski definition) is 4. The summed E-state index contributed by atoms with van der Waals surface area (Å²) in [5, 5.41) is 3.49. The Balaban J connectivity index is 1.96. The summed E-state index contributed by atoms with van der Waals surface area (Å²) >= 11 is 4.78. The van der Waals surface area contributed by atoms with Crippen LogP contribution in [0.1, 0.15) is 0 Å². The van der Waals surface area contributed by atoms with Gasteiger partial charge in [0.05, 0.1) is 6.20 Å². The van der Waals surface area contributed by atoms with E-state index in [1.165, 1.54) is 11.3 Å². The number of anilines is 1. The van der Waals surface area contributed by atoms with E-state index in [-0.39, 0.29) is 0 Å². The molecule has 3 aromatic rings. The highest BCUT2D eigenvalue weighted by molar-refractivity contribution is 9.10. The van der Waals surface area contributed by atoms with Gasteiger partial charge in [0.2, 0.25) is 0 Å². The van der Waals surface area contributed by atoms with Crippen molar-refractivity contribution in [2.45, 2.75) is 0 Å². The van der Waals surface area contributed by atoms with Gasteiger partial charge in [-0.05, 0) is 35.0 Å². The highest BCUT2D eigenvalue weighted by Gasteiger charge is 2.03. The zero-order chi connectivity index (χ0) is 12.5. The van der Waals surface area contributed by atoms with E-state index >= 15 is 0 Å². The van der Waals surface area contributed by atoms with Crippen LogP contribution in [0.25, 0.3) is 10.8 Å². The molecule has 0 aliphatic carbocycles. The first-order valence-corrected chi connectivity index (χ1v) is 6.90. The summed E-state index contributed by atoms with van der Waals surface area (Å²) in [7, 11) is 0. The first-order chi connectivity index (χ1) is 8.70. The molecular weight excluding hydrogens is 312 g/mol. The average Bonchev–Trinajstić information content (AvgIpc) is 2.75. The molecule has 3 nitrogen and oxygen atoms in total. The Morgan fingerprint density at radius 2 is 1.89 bits per heavy atom. The van der Waals surface area contributed by atoms with Crippen LogP contribution in [0.15, 0.2) is 47.1 Å². The molecule has 0 atom stereocenters. The van der Waals surface area contributed by atoms with Gasteiger partial charge in [0.15, 0.2) is 0 Å². The van der Waals surface area contributed by atoms with E-state index in [1.54, 1.807) is 6.20 Å². The van der Waals surface area contributed by atoms with Crippen LogP contribution in [0.2, 0.25) is 0 Å². The number of aromatic nitrogens is 1. The van der Waals surface area contributed by atoms with Crippen LogP contribution in [0, 0.1) is 0 Å². The van der Waals surface area contributed by atoms with Gasteiger partial charge in [0.1, 0.15) is 10.8 Å². The zero-order valence-electron chi connectivity index (χ0n) is 9.26. The number of nitrogen functional groups attached to an aromatic ring is 1. The van der Waals surface area contributed by atoms with E-state index in [0.717, 1.165) is 21.0 Å². The largest absolute Gasteiger partial charge is 0.431 e. The van der Waals surface area contributed by atoms with Crippen LogP contribution in [-0.4, -0.2) is 4.98 Å². The molecule has 0 fully saturated rings. The summed E-state index contributed by atoms with van der Waals surface area (Å²) in [5.41, 5.74) is 5.61. The lowest BCUT2D eigenvalue weighted by Gasteiger charge is -2.04. The van der Waals surface area contributed by atoms with Gasteiger partial charge in [-0.2, -0.15) is 0 Å². The molecule has 5 heteroatoms. The van der Waals surface area contributed by atoms with Gasteiger partial charge in [0, 0.05) is 4.47 Å². The van der Waals surface area contributed by atoms with Crippen LogP contribution >= 0.6 is 27.3 Å². The Kier molecular flexibility index (Phi) is 2.93. The maximum atomic E-state index is 5.65. The lowest BCUT2D eigenvalue weighted by atomic mass is 10.1. The molecule has 0 radical (unpaired) electrons. The summed E-state index contributed by atoms with van der Waals surface area (Å²) in [5.74, 6) is 0.763. The van der Waals surface area contributed by atoms with E-state index in [0.29, 0.717) is 10.2 Å². The van der Waals surface area contributed by atoms with E-state index < -0.39 is 0 Å². The first-order valence-electron chi connectivity index (χ1n) is 5.29. The number of thiazole rings is 1. The normalized spacial score (nSPS) is 10.7. The van der Waals surface area contributed by atoms with Crippen LogP contribution in [0.5, 0.6) is 10.9 Å². The Hall–Kier alpha value is -1.59. The third-order valence-electron chi connectivity index (χ3n) is 2.48. The van der Waals surface area contributed by atoms with E-state index in [2.05, 4.69) is 27.0 Å². The average molecular weight is 321 g/mol. The van der Waals surface area contributed by atoms with Crippen molar-refractivity contribution in [3.63, 3.8) is 0 Å². The lowest BCUT2D eigenvalue weighted by Crippen LogP contribution is -1.83. The fourth-order valence-corrected chi connectivity index (χ4v) is 2.61. The van der Waals surface area contributed by atoms with Gasteiger partial charge in [0.25, 0.3) is 5.19 Å². The van der Waals surface area contributed by atoms with Gasteiger partial charge in [-0.3, -0.25) is 0 Å². The summed E-state index contributed by atoms with van der Waals surface area (Å²) in [6.07, 6.45) is 1.60. The maximum Gasteiger partial charge on any atom is 0.280 e. The number of nitrogens with zero attached hydrogens (tertiary/aromatic N) is 1. The van der Waals surface area contributed by atoms with Gasteiger partial charge in [-0.15, -0.1) is 0 Å². The molecule has 0 saturated carbocycles. The standard InChI is InChI=1S/C13H9BrN2OS/c14-10-3-1-9-6-11(4-2-8(9)5-10)17-13-16-7-12(15)18-13/h1-7H,15H2. The van der Waals surface area contributed by atoms with Crippen molar-refractivity contribution in [2.24, 2.45) is 0 Å². The van der Waals surface area contributed by atoms with Crippen LogP contribution in [-0.2, 0) is 0 Å². The number of rotatable bonds is 2. The predicted molar refractivity (Wildman–Crippen MR) is 78.2 cm³/mol. The molecule has 0 aliphatic rings. The molecule has 0 saturated heterocycles. The van der Waals surface area contributed by atoms with Crippen LogP contribution < -0.4 is 10.5 Å². The van der Waals surface area contributed by atoms with E-state index in [1.807, 2.05) is 30.3 Å². The van der Waals surface area contributed by atoms with Crippen molar-refractivity contribution in [3.05, 3.63) is 47.1 Å². The monoisotopic (exact) mass is 320 g/mol. The Bertz CT molecular complexity index is 711. The Morgan fingerprint density at radius 3 is 2.67 bits per heavy atom. The van der Waals surface area contributed by atoms with Gasteiger partial charge >= 0.3 is 0 Å². The molecular formula is C13H9BrN2OS. The van der Waals surface area contributed by atoms with Crippen LogP contribution in [0.3, 0.4) is 0 Å². The second-order valence-electron chi connectivity index (χ2n) is 3.78. The number of ether oxygens (including phenoxy) is 1. The molecule has 1 heterocycles. The number of fused-ring (bicyclic) bond motifs is 1. The molecule has 1 aromatic heterocycles. The van der Waals surface area contributed by atoms with Crippen molar-refractivity contribution in [3.8, 4) is 10.9 Å². The third-order valence-corrected chi connectivity index (χ3v) is 3.68.